The third-order valence-electron chi connectivity index (χ3n) is 3.24. The third-order valence-corrected chi connectivity index (χ3v) is 4.29. The quantitative estimate of drug-likeness (QED) is 0.864. The maximum atomic E-state index is 12.4. The SMILES string of the molecule is CC(c1cccs1)N(C)C(=O)C(C(=O)O)C(C)(C)C. The Morgan fingerprint density at radius 3 is 2.32 bits per heavy atom. The highest BCUT2D eigenvalue weighted by Crippen LogP contribution is 2.31. The summed E-state index contributed by atoms with van der Waals surface area (Å²) >= 11 is 1.56. The molecule has 1 aromatic rings. The molecule has 0 aliphatic carbocycles. The van der Waals surface area contributed by atoms with Crippen molar-refractivity contribution in [3.63, 3.8) is 0 Å². The second-order valence-electron chi connectivity index (χ2n) is 5.78. The molecule has 0 saturated carbocycles. The van der Waals surface area contributed by atoms with Crippen LogP contribution in [0.4, 0.5) is 0 Å². The van der Waals surface area contributed by atoms with E-state index in [2.05, 4.69) is 0 Å². The summed E-state index contributed by atoms with van der Waals surface area (Å²) in [7, 11) is 1.66. The molecule has 0 fully saturated rings. The monoisotopic (exact) mass is 283 g/mol. The van der Waals surface area contributed by atoms with Crippen molar-refractivity contribution in [1.82, 2.24) is 4.90 Å². The van der Waals surface area contributed by atoms with Gasteiger partial charge in [0.2, 0.25) is 5.91 Å². The summed E-state index contributed by atoms with van der Waals surface area (Å²) in [5, 5.41) is 11.2. The van der Waals surface area contributed by atoms with Gasteiger partial charge in [-0.2, -0.15) is 0 Å². The molecule has 0 aliphatic heterocycles. The Bertz CT molecular complexity index is 448. The van der Waals surface area contributed by atoms with Crippen molar-refractivity contribution < 1.29 is 14.7 Å². The number of thiophene rings is 1. The predicted molar refractivity (Wildman–Crippen MR) is 76.1 cm³/mol. The zero-order valence-electron chi connectivity index (χ0n) is 12.0. The van der Waals surface area contributed by atoms with Gasteiger partial charge in [-0.05, 0) is 23.8 Å². The van der Waals surface area contributed by atoms with Crippen LogP contribution in [-0.4, -0.2) is 28.9 Å². The summed E-state index contributed by atoms with van der Waals surface area (Å²) in [5.74, 6) is -2.44. The molecule has 0 spiro atoms. The Labute approximate surface area is 118 Å². The van der Waals surface area contributed by atoms with Gasteiger partial charge in [0, 0.05) is 11.9 Å². The van der Waals surface area contributed by atoms with Crippen LogP contribution in [0, 0.1) is 11.3 Å². The molecule has 0 radical (unpaired) electrons. The van der Waals surface area contributed by atoms with Crippen molar-refractivity contribution in [2.45, 2.75) is 33.7 Å². The standard InChI is InChI=1S/C14H21NO3S/c1-9(10-7-6-8-19-10)15(5)12(16)11(13(17)18)14(2,3)4/h6-9,11H,1-5H3,(H,17,18). The van der Waals surface area contributed by atoms with Crippen LogP contribution in [0.25, 0.3) is 0 Å². The van der Waals surface area contributed by atoms with Gasteiger partial charge in [0.25, 0.3) is 0 Å². The summed E-state index contributed by atoms with van der Waals surface area (Å²) in [6, 6.07) is 3.76. The molecule has 0 aliphatic rings. The fourth-order valence-electron chi connectivity index (χ4n) is 1.96. The van der Waals surface area contributed by atoms with E-state index in [9.17, 15) is 14.7 Å². The number of carboxylic acid groups (broad SMARTS) is 1. The number of nitrogens with zero attached hydrogens (tertiary/aromatic N) is 1. The summed E-state index contributed by atoms with van der Waals surface area (Å²) in [6.07, 6.45) is 0. The van der Waals surface area contributed by atoms with Crippen LogP contribution in [0.15, 0.2) is 17.5 Å². The van der Waals surface area contributed by atoms with Crippen LogP contribution < -0.4 is 0 Å². The van der Waals surface area contributed by atoms with Crippen molar-refractivity contribution in [2.24, 2.45) is 11.3 Å². The van der Waals surface area contributed by atoms with E-state index >= 15 is 0 Å². The Balaban J connectivity index is 2.95. The van der Waals surface area contributed by atoms with Crippen molar-refractivity contribution in [3.8, 4) is 0 Å². The molecular weight excluding hydrogens is 262 g/mol. The molecule has 0 bridgehead atoms. The number of amides is 1. The van der Waals surface area contributed by atoms with E-state index in [-0.39, 0.29) is 11.9 Å². The average molecular weight is 283 g/mol. The number of rotatable bonds is 4. The number of carbonyl (C=O) groups is 2. The minimum absolute atomic E-state index is 0.114. The number of carbonyl (C=O) groups excluding carboxylic acids is 1. The second kappa shape index (κ2) is 5.74. The van der Waals surface area contributed by atoms with Crippen LogP contribution >= 0.6 is 11.3 Å². The second-order valence-corrected chi connectivity index (χ2v) is 6.76. The fraction of sp³-hybridized carbons (Fsp3) is 0.571. The predicted octanol–water partition coefficient (Wildman–Crippen LogP) is 3.01. The van der Waals surface area contributed by atoms with E-state index in [4.69, 9.17) is 0 Å². The highest BCUT2D eigenvalue weighted by molar-refractivity contribution is 7.10. The lowest BCUT2D eigenvalue weighted by Gasteiger charge is -2.32. The summed E-state index contributed by atoms with van der Waals surface area (Å²) in [4.78, 5) is 26.3. The molecule has 1 N–H and O–H groups in total. The van der Waals surface area contributed by atoms with E-state index in [1.807, 2.05) is 24.4 Å². The van der Waals surface area contributed by atoms with Gasteiger partial charge in [-0.15, -0.1) is 11.3 Å². The molecule has 1 amide bonds. The number of hydrogen-bond acceptors (Lipinski definition) is 3. The lowest BCUT2D eigenvalue weighted by molar-refractivity contribution is -0.156. The number of aliphatic carboxylic acids is 1. The largest absolute Gasteiger partial charge is 0.481 e. The first kappa shape index (κ1) is 15.7. The van der Waals surface area contributed by atoms with Gasteiger partial charge in [-0.3, -0.25) is 9.59 Å². The molecule has 2 atom stereocenters. The lowest BCUT2D eigenvalue weighted by atomic mass is 9.79. The van der Waals surface area contributed by atoms with E-state index in [0.29, 0.717) is 0 Å². The molecule has 5 heteroatoms. The van der Waals surface area contributed by atoms with Gasteiger partial charge in [0.1, 0.15) is 5.92 Å². The molecule has 0 saturated heterocycles. The average Bonchev–Trinajstić information content (AvgIpc) is 2.77. The first-order valence-electron chi connectivity index (χ1n) is 6.19. The van der Waals surface area contributed by atoms with Crippen molar-refractivity contribution in [2.75, 3.05) is 7.05 Å². The molecule has 19 heavy (non-hydrogen) atoms. The maximum absolute atomic E-state index is 12.4. The zero-order chi connectivity index (χ0) is 14.8. The highest BCUT2D eigenvalue weighted by Gasteiger charge is 2.40. The first-order valence-corrected chi connectivity index (χ1v) is 7.07. The van der Waals surface area contributed by atoms with Gasteiger partial charge in [0.05, 0.1) is 6.04 Å². The summed E-state index contributed by atoms with van der Waals surface area (Å²) in [5.41, 5.74) is -0.605. The minimum atomic E-state index is -1.07. The van der Waals surface area contributed by atoms with Crippen LogP contribution in [0.3, 0.4) is 0 Å². The lowest BCUT2D eigenvalue weighted by Crippen LogP contribution is -2.44. The minimum Gasteiger partial charge on any atom is -0.481 e. The highest BCUT2D eigenvalue weighted by atomic mass is 32.1. The molecule has 4 nitrogen and oxygen atoms in total. The Kier molecular flexibility index (Phi) is 4.74. The van der Waals surface area contributed by atoms with Gasteiger partial charge >= 0.3 is 5.97 Å². The molecule has 2 unspecified atom stereocenters. The van der Waals surface area contributed by atoms with Gasteiger partial charge in [-0.25, -0.2) is 0 Å². The topological polar surface area (TPSA) is 57.6 Å². The smallest absolute Gasteiger partial charge is 0.316 e. The molecule has 1 aromatic heterocycles. The van der Waals surface area contributed by atoms with Crippen LogP contribution in [0.1, 0.15) is 38.6 Å². The van der Waals surface area contributed by atoms with E-state index in [0.717, 1.165) is 4.88 Å². The normalized spacial score (nSPS) is 14.8. The Morgan fingerprint density at radius 1 is 1.37 bits per heavy atom. The van der Waals surface area contributed by atoms with E-state index < -0.39 is 17.3 Å². The maximum Gasteiger partial charge on any atom is 0.316 e. The molecule has 1 rings (SSSR count). The van der Waals surface area contributed by atoms with E-state index in [1.54, 1.807) is 39.2 Å². The molecular formula is C14H21NO3S. The van der Waals surface area contributed by atoms with Gasteiger partial charge in [0.15, 0.2) is 0 Å². The van der Waals surface area contributed by atoms with Crippen LogP contribution in [0.2, 0.25) is 0 Å². The summed E-state index contributed by atoms with van der Waals surface area (Å²) in [6.45, 7) is 7.22. The van der Waals surface area contributed by atoms with E-state index in [1.165, 1.54) is 4.90 Å². The Morgan fingerprint density at radius 2 is 1.95 bits per heavy atom. The first-order chi connectivity index (χ1) is 8.66. The van der Waals surface area contributed by atoms with Crippen molar-refractivity contribution >= 4 is 23.2 Å². The molecule has 1 heterocycles. The Hall–Kier alpha value is -1.36. The number of carboxylic acids is 1. The van der Waals surface area contributed by atoms with Crippen molar-refractivity contribution in [3.05, 3.63) is 22.4 Å². The van der Waals surface area contributed by atoms with Gasteiger partial charge in [-0.1, -0.05) is 26.8 Å². The van der Waals surface area contributed by atoms with Crippen LogP contribution in [0.5, 0.6) is 0 Å². The van der Waals surface area contributed by atoms with Crippen molar-refractivity contribution in [1.29, 1.82) is 0 Å². The number of hydrogen-bond donors (Lipinski definition) is 1. The fourth-order valence-corrected chi connectivity index (χ4v) is 2.79. The third kappa shape index (κ3) is 3.56. The molecule has 106 valence electrons. The van der Waals surface area contributed by atoms with Gasteiger partial charge < -0.3 is 10.0 Å². The molecule has 0 aromatic carbocycles. The zero-order valence-corrected chi connectivity index (χ0v) is 12.8. The summed E-state index contributed by atoms with van der Waals surface area (Å²) < 4.78 is 0. The van der Waals surface area contributed by atoms with Crippen LogP contribution in [-0.2, 0) is 9.59 Å².